The molecule has 4 rings (SSSR count). The maximum absolute atomic E-state index is 13.2. The van der Waals surface area contributed by atoms with Crippen molar-refractivity contribution >= 4 is 37.1 Å². The van der Waals surface area contributed by atoms with Crippen molar-refractivity contribution in [3.8, 4) is 0 Å². The van der Waals surface area contributed by atoms with Crippen LogP contribution in [0.25, 0.3) is 0 Å². The summed E-state index contributed by atoms with van der Waals surface area (Å²) in [7, 11) is -7.82. The van der Waals surface area contributed by atoms with Gasteiger partial charge in [0, 0.05) is 18.3 Å². The first kappa shape index (κ1) is 30.5. The molecule has 0 amide bonds. The Hall–Kier alpha value is -3.41. The molecule has 1 atom stereocenters. The third kappa shape index (κ3) is 8.31. The molecule has 1 aliphatic carbocycles. The third-order valence-electron chi connectivity index (χ3n) is 7.46. The summed E-state index contributed by atoms with van der Waals surface area (Å²) in [6.45, 7) is 4.32. The van der Waals surface area contributed by atoms with Crippen LogP contribution in [0.5, 0.6) is 0 Å². The second-order valence-corrected chi connectivity index (χ2v) is 14.0. The monoisotopic (exact) mass is 598 g/mol. The summed E-state index contributed by atoms with van der Waals surface area (Å²) in [4.78, 5) is 0.0284. The number of hydrogen-bond acceptors (Lipinski definition) is 7. The lowest BCUT2D eigenvalue weighted by Crippen LogP contribution is -2.29. The molecule has 1 saturated carbocycles. The fraction of sp³-hybridized carbons (Fsp3) is 0.367. The van der Waals surface area contributed by atoms with Crippen molar-refractivity contribution < 1.29 is 22.0 Å². The smallest absolute Gasteiger partial charge is 0.261 e. The third-order valence-corrected chi connectivity index (χ3v) is 10.2. The maximum Gasteiger partial charge on any atom is 0.261 e. The Morgan fingerprint density at radius 2 is 1.44 bits per heavy atom. The van der Waals surface area contributed by atoms with Crippen molar-refractivity contribution in [1.82, 2.24) is 5.32 Å². The van der Waals surface area contributed by atoms with Gasteiger partial charge in [-0.05, 0) is 79.8 Å². The molecule has 3 aromatic carbocycles. The molecule has 3 aromatic rings. The molecule has 0 spiro atoms. The molecule has 1 fully saturated rings. The Balaban J connectivity index is 1.39. The molecule has 0 saturated heterocycles. The lowest BCUT2D eigenvalue weighted by molar-refractivity contribution is 0.305. The number of nitrogens with zero attached hydrogens (tertiary/aromatic N) is 1. The topological polar surface area (TPSA) is 137 Å². The predicted molar refractivity (Wildman–Crippen MR) is 162 cm³/mol. The number of benzene rings is 3. The summed E-state index contributed by atoms with van der Waals surface area (Å²) >= 11 is 0. The van der Waals surface area contributed by atoms with Crippen molar-refractivity contribution in [3.63, 3.8) is 0 Å². The van der Waals surface area contributed by atoms with E-state index in [1.54, 1.807) is 19.1 Å². The number of oxime groups is 1. The number of rotatable bonds is 12. The standard InChI is InChI=1S/C30H38N4O5S2/c1-22(20-24-8-4-3-5-9-24)31-21-26-10-6-7-11-30(26)34-41(38,39)29-18-14-27(15-19-29)33-40(36,37)28-16-12-25(13-17-28)23(2)32-35/h6-7,10-19,22,24,31,33-35H,3-5,8-9,20-21H2,1-2H3/b32-23+/t22-/m0/s1. The van der Waals surface area contributed by atoms with Crippen LogP contribution in [0.4, 0.5) is 11.4 Å². The van der Waals surface area contributed by atoms with E-state index in [0.29, 0.717) is 29.5 Å². The van der Waals surface area contributed by atoms with Gasteiger partial charge in [0.05, 0.1) is 21.2 Å². The normalized spacial score (nSPS) is 15.8. The van der Waals surface area contributed by atoms with Crippen molar-refractivity contribution in [2.45, 2.75) is 74.7 Å². The zero-order chi connectivity index (χ0) is 29.5. The minimum absolute atomic E-state index is 0.0111. The molecule has 4 N–H and O–H groups in total. The molecule has 1 aliphatic rings. The van der Waals surface area contributed by atoms with Crippen molar-refractivity contribution in [1.29, 1.82) is 0 Å². The minimum Gasteiger partial charge on any atom is -0.411 e. The summed E-state index contributed by atoms with van der Waals surface area (Å²) < 4.78 is 57.1. The molecule has 0 bridgehead atoms. The molecule has 0 aromatic heterocycles. The second-order valence-electron chi connectivity index (χ2n) is 10.6. The summed E-state index contributed by atoms with van der Waals surface area (Å²) in [6.07, 6.45) is 7.65. The van der Waals surface area contributed by atoms with Gasteiger partial charge in [-0.2, -0.15) is 0 Å². The van der Waals surface area contributed by atoms with Gasteiger partial charge in [0.25, 0.3) is 20.0 Å². The molecule has 0 radical (unpaired) electrons. The molecular weight excluding hydrogens is 560 g/mol. The summed E-state index contributed by atoms with van der Waals surface area (Å²) in [6, 6.07) is 19.0. The lowest BCUT2D eigenvalue weighted by Gasteiger charge is -2.25. The number of anilines is 2. The second kappa shape index (κ2) is 13.5. The molecule has 220 valence electrons. The van der Waals surface area contributed by atoms with Gasteiger partial charge in [0.15, 0.2) is 0 Å². The van der Waals surface area contributed by atoms with Crippen LogP contribution >= 0.6 is 0 Å². The van der Waals surface area contributed by atoms with E-state index in [2.05, 4.69) is 26.8 Å². The first-order valence-electron chi connectivity index (χ1n) is 13.8. The molecule has 11 heteroatoms. The van der Waals surface area contributed by atoms with E-state index in [4.69, 9.17) is 5.21 Å². The minimum atomic E-state index is -3.91. The van der Waals surface area contributed by atoms with E-state index in [1.165, 1.54) is 80.6 Å². The van der Waals surface area contributed by atoms with Crippen LogP contribution < -0.4 is 14.8 Å². The molecule has 0 heterocycles. The molecule has 0 unspecified atom stereocenters. The average Bonchev–Trinajstić information content (AvgIpc) is 2.97. The average molecular weight is 599 g/mol. The zero-order valence-electron chi connectivity index (χ0n) is 23.4. The van der Waals surface area contributed by atoms with Crippen LogP contribution in [0.1, 0.15) is 63.5 Å². The molecule has 41 heavy (non-hydrogen) atoms. The SMILES string of the molecule is C/C(=N\O)c1ccc(S(=O)(=O)Nc2ccc(S(=O)(=O)Nc3ccccc3CN[C@@H](C)CC3CCCCC3)cc2)cc1. The van der Waals surface area contributed by atoms with E-state index < -0.39 is 20.0 Å². The largest absolute Gasteiger partial charge is 0.411 e. The van der Waals surface area contributed by atoms with Crippen LogP contribution in [0.15, 0.2) is 87.7 Å². The number of nitrogens with one attached hydrogen (secondary N) is 3. The summed E-state index contributed by atoms with van der Waals surface area (Å²) in [5, 5.41) is 15.5. The van der Waals surface area contributed by atoms with Gasteiger partial charge in [-0.15, -0.1) is 0 Å². The van der Waals surface area contributed by atoms with E-state index in [-0.39, 0.29) is 15.5 Å². The molecule has 9 nitrogen and oxygen atoms in total. The van der Waals surface area contributed by atoms with Gasteiger partial charge in [0.2, 0.25) is 0 Å². The maximum atomic E-state index is 13.2. The van der Waals surface area contributed by atoms with Gasteiger partial charge < -0.3 is 10.5 Å². The Labute approximate surface area is 243 Å². The fourth-order valence-corrected chi connectivity index (χ4v) is 7.28. The van der Waals surface area contributed by atoms with Crippen molar-refractivity contribution in [2.24, 2.45) is 11.1 Å². The molecular formula is C30H38N4O5S2. The number of para-hydroxylation sites is 1. The highest BCUT2D eigenvalue weighted by Gasteiger charge is 2.20. The lowest BCUT2D eigenvalue weighted by atomic mass is 9.85. The van der Waals surface area contributed by atoms with Crippen LogP contribution in [-0.4, -0.2) is 33.8 Å². The number of sulfonamides is 2. The van der Waals surface area contributed by atoms with Crippen LogP contribution in [-0.2, 0) is 26.6 Å². The quantitative estimate of drug-likeness (QED) is 0.116. The van der Waals surface area contributed by atoms with Gasteiger partial charge in [0.1, 0.15) is 0 Å². The van der Waals surface area contributed by atoms with Crippen molar-refractivity contribution in [3.05, 3.63) is 83.9 Å². The van der Waals surface area contributed by atoms with Gasteiger partial charge in [-0.1, -0.05) is 67.6 Å². The van der Waals surface area contributed by atoms with Gasteiger partial charge in [-0.25, -0.2) is 16.8 Å². The first-order valence-corrected chi connectivity index (χ1v) is 16.8. The highest BCUT2D eigenvalue weighted by Crippen LogP contribution is 2.28. The number of hydrogen-bond donors (Lipinski definition) is 4. The molecule has 0 aliphatic heterocycles. The van der Waals surface area contributed by atoms with E-state index in [9.17, 15) is 16.8 Å². The zero-order valence-corrected chi connectivity index (χ0v) is 25.0. The van der Waals surface area contributed by atoms with Gasteiger partial charge >= 0.3 is 0 Å². The Kier molecular flexibility index (Phi) is 10.1. The van der Waals surface area contributed by atoms with Crippen LogP contribution in [0.2, 0.25) is 0 Å². The van der Waals surface area contributed by atoms with Gasteiger partial charge in [-0.3, -0.25) is 9.44 Å². The Morgan fingerprint density at radius 1 is 0.854 bits per heavy atom. The van der Waals surface area contributed by atoms with E-state index in [0.717, 1.165) is 17.9 Å². The Bertz CT molecular complexity index is 1550. The van der Waals surface area contributed by atoms with E-state index in [1.807, 2.05) is 12.1 Å². The fourth-order valence-electron chi connectivity index (χ4n) is 5.12. The summed E-state index contributed by atoms with van der Waals surface area (Å²) in [5.74, 6) is 0.754. The highest BCUT2D eigenvalue weighted by atomic mass is 32.2. The van der Waals surface area contributed by atoms with E-state index >= 15 is 0 Å². The first-order chi connectivity index (χ1) is 19.6. The van der Waals surface area contributed by atoms with Crippen molar-refractivity contribution in [2.75, 3.05) is 9.44 Å². The Morgan fingerprint density at radius 3 is 2.07 bits per heavy atom. The summed E-state index contributed by atoms with van der Waals surface area (Å²) in [5.41, 5.74) is 2.51. The van der Waals surface area contributed by atoms with Crippen LogP contribution in [0, 0.1) is 5.92 Å². The highest BCUT2D eigenvalue weighted by molar-refractivity contribution is 7.93. The van der Waals surface area contributed by atoms with Crippen LogP contribution in [0.3, 0.4) is 0 Å². The predicted octanol–water partition coefficient (Wildman–Crippen LogP) is 5.93.